The second-order valence-electron chi connectivity index (χ2n) is 10.2. The number of likely N-dealkylation sites (tertiary alicyclic amines) is 1. The zero-order chi connectivity index (χ0) is 22.3. The highest BCUT2D eigenvalue weighted by Crippen LogP contribution is 2.66. The number of aliphatic hydroxyl groups excluding tert-OH is 1. The average molecular weight is 452 g/mol. The van der Waals surface area contributed by atoms with E-state index in [1.807, 2.05) is 0 Å². The zero-order valence-electron chi connectivity index (χ0n) is 18.9. The molecule has 2 unspecified atom stereocenters. The standard InChI is InChI=1S/C23H37N3O4S/c1-13(2)11-15(12-27)26-19(21(29)25-14-7-5-4-6-8-14)23-10-9-16(31-23)17(20(28)24-3)18(23)22(26)30/h13-19,27H,4-12H2,1-3H3,(H,24,28)(H,25,29)/t15-,16+,17-,18+,19?,23?/m1/s1. The van der Waals surface area contributed by atoms with Crippen molar-refractivity contribution in [3.8, 4) is 0 Å². The van der Waals surface area contributed by atoms with Crippen LogP contribution in [-0.2, 0) is 14.4 Å². The SMILES string of the molecule is CNC(=O)[C@@H]1[C@@H]2CCC3(S2)C(C(=O)NC2CCCCC2)N([C@@H](CO)CC(C)C)C(=O)[C@H]13. The van der Waals surface area contributed by atoms with Gasteiger partial charge in [0.1, 0.15) is 6.04 Å². The van der Waals surface area contributed by atoms with Gasteiger partial charge in [0.15, 0.2) is 0 Å². The Balaban J connectivity index is 1.70. The van der Waals surface area contributed by atoms with Crippen LogP contribution in [-0.4, -0.2) is 69.5 Å². The lowest BCUT2D eigenvalue weighted by atomic mass is 9.70. The number of hydrogen-bond acceptors (Lipinski definition) is 5. The molecule has 1 aliphatic carbocycles. The molecule has 2 bridgehead atoms. The van der Waals surface area contributed by atoms with Crippen LogP contribution in [0.5, 0.6) is 0 Å². The summed E-state index contributed by atoms with van der Waals surface area (Å²) in [5, 5.41) is 16.3. The Labute approximate surface area is 189 Å². The maximum absolute atomic E-state index is 13.8. The van der Waals surface area contributed by atoms with E-state index in [2.05, 4.69) is 24.5 Å². The highest BCUT2D eigenvalue weighted by molar-refractivity contribution is 8.02. The normalized spacial score (nSPS) is 36.0. The molecule has 3 amide bonds. The van der Waals surface area contributed by atoms with Gasteiger partial charge in [0.25, 0.3) is 0 Å². The fourth-order valence-electron chi connectivity index (χ4n) is 6.60. The second kappa shape index (κ2) is 8.93. The molecule has 3 aliphatic heterocycles. The fraction of sp³-hybridized carbons (Fsp3) is 0.870. The quantitative estimate of drug-likeness (QED) is 0.547. The second-order valence-corrected chi connectivity index (χ2v) is 11.8. The van der Waals surface area contributed by atoms with E-state index in [0.29, 0.717) is 6.42 Å². The fourth-order valence-corrected chi connectivity index (χ4v) is 8.80. The summed E-state index contributed by atoms with van der Waals surface area (Å²) < 4.78 is -0.567. The maximum atomic E-state index is 13.8. The van der Waals surface area contributed by atoms with Crippen LogP contribution in [0.15, 0.2) is 0 Å². The highest BCUT2D eigenvalue weighted by Gasteiger charge is 2.74. The molecule has 7 nitrogen and oxygen atoms in total. The Hall–Kier alpha value is -1.28. The van der Waals surface area contributed by atoms with Crippen LogP contribution in [0.2, 0.25) is 0 Å². The van der Waals surface area contributed by atoms with E-state index in [1.54, 1.807) is 23.7 Å². The molecule has 3 saturated heterocycles. The molecular formula is C23H37N3O4S. The molecule has 4 aliphatic rings. The smallest absolute Gasteiger partial charge is 0.244 e. The predicted molar refractivity (Wildman–Crippen MR) is 120 cm³/mol. The minimum absolute atomic E-state index is 0.0821. The average Bonchev–Trinajstić information content (AvgIpc) is 3.39. The molecule has 0 aromatic carbocycles. The van der Waals surface area contributed by atoms with Crippen LogP contribution in [0.25, 0.3) is 0 Å². The molecule has 0 aromatic heterocycles. The highest BCUT2D eigenvalue weighted by atomic mass is 32.2. The molecular weight excluding hydrogens is 414 g/mol. The first kappa shape index (κ1) is 22.9. The van der Waals surface area contributed by atoms with Crippen LogP contribution in [0, 0.1) is 17.8 Å². The van der Waals surface area contributed by atoms with Crippen molar-refractivity contribution in [1.82, 2.24) is 15.5 Å². The van der Waals surface area contributed by atoms with Crippen molar-refractivity contribution in [2.75, 3.05) is 13.7 Å². The molecule has 3 heterocycles. The van der Waals surface area contributed by atoms with Crippen molar-refractivity contribution in [2.24, 2.45) is 17.8 Å². The third-order valence-corrected chi connectivity index (χ3v) is 9.79. The first-order chi connectivity index (χ1) is 14.8. The number of carbonyl (C=O) groups is 3. The Bertz CT molecular complexity index is 726. The van der Waals surface area contributed by atoms with Crippen LogP contribution in [0.1, 0.15) is 65.2 Å². The Morgan fingerprint density at radius 2 is 1.90 bits per heavy atom. The number of nitrogens with zero attached hydrogens (tertiary/aromatic N) is 1. The lowest BCUT2D eigenvalue weighted by Crippen LogP contribution is -2.58. The van der Waals surface area contributed by atoms with E-state index in [-0.39, 0.29) is 41.5 Å². The van der Waals surface area contributed by atoms with Crippen LogP contribution < -0.4 is 10.6 Å². The summed E-state index contributed by atoms with van der Waals surface area (Å²) in [4.78, 5) is 42.0. The number of fused-ring (bicyclic) bond motifs is 1. The van der Waals surface area contributed by atoms with Crippen molar-refractivity contribution >= 4 is 29.5 Å². The van der Waals surface area contributed by atoms with E-state index < -0.39 is 28.7 Å². The summed E-state index contributed by atoms with van der Waals surface area (Å²) >= 11 is 1.69. The molecule has 3 N–H and O–H groups in total. The summed E-state index contributed by atoms with van der Waals surface area (Å²) in [5.41, 5.74) is 0. The maximum Gasteiger partial charge on any atom is 0.244 e. The van der Waals surface area contributed by atoms with Crippen molar-refractivity contribution in [3.63, 3.8) is 0 Å². The summed E-state index contributed by atoms with van der Waals surface area (Å²) in [6, 6.07) is -0.864. The van der Waals surface area contributed by atoms with Gasteiger partial charge in [0, 0.05) is 18.3 Å². The number of hydrogen-bond donors (Lipinski definition) is 3. The number of nitrogens with one attached hydrogen (secondary N) is 2. The summed E-state index contributed by atoms with van der Waals surface area (Å²) in [6.45, 7) is 3.96. The van der Waals surface area contributed by atoms with E-state index >= 15 is 0 Å². The molecule has 0 radical (unpaired) electrons. The van der Waals surface area contributed by atoms with Crippen LogP contribution in [0.4, 0.5) is 0 Å². The Morgan fingerprint density at radius 1 is 1.19 bits per heavy atom. The van der Waals surface area contributed by atoms with Crippen molar-refractivity contribution in [3.05, 3.63) is 0 Å². The van der Waals surface area contributed by atoms with Crippen LogP contribution in [0.3, 0.4) is 0 Å². The van der Waals surface area contributed by atoms with Gasteiger partial charge in [-0.2, -0.15) is 0 Å². The van der Waals surface area contributed by atoms with Crippen LogP contribution >= 0.6 is 11.8 Å². The Morgan fingerprint density at radius 3 is 2.52 bits per heavy atom. The van der Waals surface area contributed by atoms with Crippen molar-refractivity contribution < 1.29 is 19.5 Å². The molecule has 8 heteroatoms. The topological polar surface area (TPSA) is 98.7 Å². The molecule has 31 heavy (non-hydrogen) atoms. The van der Waals surface area contributed by atoms with Gasteiger partial charge in [-0.25, -0.2) is 0 Å². The van der Waals surface area contributed by atoms with Gasteiger partial charge in [-0.05, 0) is 38.0 Å². The molecule has 0 aromatic rings. The molecule has 1 spiro atoms. The monoisotopic (exact) mass is 451 g/mol. The number of aliphatic hydroxyl groups is 1. The lowest BCUT2D eigenvalue weighted by molar-refractivity contribution is -0.143. The molecule has 6 atom stereocenters. The molecule has 1 saturated carbocycles. The molecule has 4 fully saturated rings. The Kier molecular flexibility index (Phi) is 6.59. The summed E-state index contributed by atoms with van der Waals surface area (Å²) in [6.07, 6.45) is 7.66. The third-order valence-electron chi connectivity index (χ3n) is 7.83. The van der Waals surface area contributed by atoms with E-state index in [4.69, 9.17) is 0 Å². The number of thioether (sulfide) groups is 1. The number of rotatable bonds is 7. The van der Waals surface area contributed by atoms with Gasteiger partial charge in [-0.15, -0.1) is 11.8 Å². The number of carbonyl (C=O) groups excluding carboxylic acids is 3. The van der Waals surface area contributed by atoms with Gasteiger partial charge in [-0.3, -0.25) is 14.4 Å². The minimum atomic E-state index is -0.618. The van der Waals surface area contributed by atoms with E-state index in [0.717, 1.165) is 38.5 Å². The summed E-state index contributed by atoms with van der Waals surface area (Å²) in [5.74, 6) is -0.912. The summed E-state index contributed by atoms with van der Waals surface area (Å²) in [7, 11) is 1.62. The first-order valence-electron chi connectivity index (χ1n) is 12.0. The van der Waals surface area contributed by atoms with Gasteiger partial charge < -0.3 is 20.6 Å². The van der Waals surface area contributed by atoms with Gasteiger partial charge >= 0.3 is 0 Å². The molecule has 174 valence electrons. The predicted octanol–water partition coefficient (Wildman–Crippen LogP) is 1.68. The van der Waals surface area contributed by atoms with Gasteiger partial charge in [0.2, 0.25) is 17.7 Å². The van der Waals surface area contributed by atoms with Crippen molar-refractivity contribution in [2.45, 2.75) is 93.3 Å². The van der Waals surface area contributed by atoms with Crippen molar-refractivity contribution in [1.29, 1.82) is 0 Å². The minimum Gasteiger partial charge on any atom is -0.394 e. The first-order valence-corrected chi connectivity index (χ1v) is 12.8. The van der Waals surface area contributed by atoms with Gasteiger partial charge in [0.05, 0.1) is 29.2 Å². The van der Waals surface area contributed by atoms with E-state index in [1.165, 1.54) is 6.42 Å². The zero-order valence-corrected chi connectivity index (χ0v) is 19.7. The molecule has 4 rings (SSSR count). The largest absolute Gasteiger partial charge is 0.394 e. The third kappa shape index (κ3) is 3.77. The van der Waals surface area contributed by atoms with E-state index in [9.17, 15) is 19.5 Å². The van der Waals surface area contributed by atoms with Gasteiger partial charge in [-0.1, -0.05) is 33.1 Å². The lowest BCUT2D eigenvalue weighted by Gasteiger charge is -2.38. The number of amides is 3.